The first-order valence-corrected chi connectivity index (χ1v) is 3.21. The van der Waals surface area contributed by atoms with Gasteiger partial charge in [0.15, 0.2) is 18.3 Å². The SMILES string of the molecule is O=C=C(O)C(O)C(O)C1O[C@H]1O. The van der Waals surface area contributed by atoms with Crippen LogP contribution in [0, 0.1) is 0 Å². The van der Waals surface area contributed by atoms with Gasteiger partial charge in [-0.1, -0.05) is 0 Å². The van der Waals surface area contributed by atoms with Gasteiger partial charge in [-0.25, -0.2) is 4.79 Å². The van der Waals surface area contributed by atoms with E-state index in [4.69, 9.17) is 20.4 Å². The van der Waals surface area contributed by atoms with Crippen molar-refractivity contribution in [1.29, 1.82) is 0 Å². The molecule has 4 atom stereocenters. The fourth-order valence-corrected chi connectivity index (χ4v) is 0.767. The highest BCUT2D eigenvalue weighted by Gasteiger charge is 2.47. The van der Waals surface area contributed by atoms with E-state index in [1.807, 2.05) is 0 Å². The first-order chi connectivity index (χ1) is 5.57. The summed E-state index contributed by atoms with van der Waals surface area (Å²) in [6, 6.07) is 0. The second-order valence-electron chi connectivity index (χ2n) is 2.41. The van der Waals surface area contributed by atoms with Crippen LogP contribution in [-0.4, -0.2) is 51.0 Å². The van der Waals surface area contributed by atoms with E-state index in [-0.39, 0.29) is 0 Å². The van der Waals surface area contributed by atoms with Crippen molar-refractivity contribution in [2.45, 2.75) is 24.6 Å². The molecule has 12 heavy (non-hydrogen) atoms. The molecule has 0 aromatic heterocycles. The van der Waals surface area contributed by atoms with Crippen LogP contribution in [0.3, 0.4) is 0 Å². The Hall–Kier alpha value is -0.910. The predicted molar refractivity (Wildman–Crippen MR) is 34.7 cm³/mol. The molecule has 3 unspecified atom stereocenters. The summed E-state index contributed by atoms with van der Waals surface area (Å²) >= 11 is 0. The van der Waals surface area contributed by atoms with Crippen molar-refractivity contribution in [3.05, 3.63) is 5.76 Å². The summed E-state index contributed by atoms with van der Waals surface area (Å²) in [4.78, 5) is 9.79. The summed E-state index contributed by atoms with van der Waals surface area (Å²) in [5, 5.41) is 35.2. The van der Waals surface area contributed by atoms with Crippen molar-refractivity contribution < 1.29 is 30.0 Å². The molecule has 0 spiro atoms. The maximum Gasteiger partial charge on any atom is 0.208 e. The highest BCUT2D eigenvalue weighted by Crippen LogP contribution is 2.25. The Balaban J connectivity index is 2.52. The molecule has 0 aromatic carbocycles. The monoisotopic (exact) mass is 176 g/mol. The molecular weight excluding hydrogens is 168 g/mol. The van der Waals surface area contributed by atoms with Crippen molar-refractivity contribution in [3.8, 4) is 0 Å². The lowest BCUT2D eigenvalue weighted by atomic mass is 10.1. The van der Waals surface area contributed by atoms with Gasteiger partial charge in [-0.2, -0.15) is 0 Å². The Morgan fingerprint density at radius 2 is 2.00 bits per heavy atom. The van der Waals surface area contributed by atoms with Crippen molar-refractivity contribution in [1.82, 2.24) is 0 Å². The predicted octanol–water partition coefficient (Wildman–Crippen LogP) is -2.30. The minimum Gasteiger partial charge on any atom is -0.500 e. The topological polar surface area (TPSA) is 111 Å². The minimum atomic E-state index is -1.76. The number of hydrogen-bond acceptors (Lipinski definition) is 6. The third kappa shape index (κ3) is 1.63. The molecule has 0 saturated carbocycles. The Labute approximate surface area is 67.3 Å². The molecule has 0 amide bonds. The van der Waals surface area contributed by atoms with E-state index in [0.717, 1.165) is 5.94 Å². The molecule has 1 fully saturated rings. The largest absolute Gasteiger partial charge is 0.500 e. The summed E-state index contributed by atoms with van der Waals surface area (Å²) < 4.78 is 4.39. The standard InChI is InChI=1S/C6H8O6/c7-1-2(8)3(9)4(10)5-6(11)12-5/h3-6,8-11H/t3?,4?,5?,6-/m1/s1. The second-order valence-corrected chi connectivity index (χ2v) is 2.41. The molecule has 0 radical (unpaired) electrons. The number of rotatable bonds is 3. The average molecular weight is 176 g/mol. The molecule has 1 aliphatic heterocycles. The molecule has 0 aliphatic carbocycles. The van der Waals surface area contributed by atoms with Crippen molar-refractivity contribution in [2.75, 3.05) is 0 Å². The summed E-state index contributed by atoms with van der Waals surface area (Å²) in [5.41, 5.74) is 0. The fraction of sp³-hybridized carbons (Fsp3) is 0.667. The smallest absolute Gasteiger partial charge is 0.208 e. The van der Waals surface area contributed by atoms with Gasteiger partial charge in [0.2, 0.25) is 5.76 Å². The van der Waals surface area contributed by atoms with Crippen molar-refractivity contribution in [3.63, 3.8) is 0 Å². The highest BCUT2D eigenvalue weighted by atomic mass is 16.7. The van der Waals surface area contributed by atoms with Gasteiger partial charge in [0, 0.05) is 0 Å². The van der Waals surface area contributed by atoms with Crippen LogP contribution in [0.5, 0.6) is 0 Å². The zero-order valence-corrected chi connectivity index (χ0v) is 5.91. The summed E-state index contributed by atoms with van der Waals surface area (Å²) in [6.45, 7) is 0. The molecule has 6 nitrogen and oxygen atoms in total. The molecule has 0 aromatic rings. The number of aliphatic hydroxyl groups is 4. The first-order valence-electron chi connectivity index (χ1n) is 3.21. The number of aliphatic hydroxyl groups excluding tert-OH is 4. The van der Waals surface area contributed by atoms with Crippen LogP contribution in [0.25, 0.3) is 0 Å². The number of ether oxygens (including phenoxy) is 1. The van der Waals surface area contributed by atoms with E-state index >= 15 is 0 Å². The lowest BCUT2D eigenvalue weighted by molar-refractivity contribution is 0.00362. The van der Waals surface area contributed by atoms with Crippen LogP contribution in [-0.2, 0) is 9.53 Å². The third-order valence-electron chi connectivity index (χ3n) is 1.55. The highest BCUT2D eigenvalue weighted by molar-refractivity contribution is 5.50. The second kappa shape index (κ2) is 3.22. The molecule has 6 heteroatoms. The Bertz CT molecular complexity index is 220. The van der Waals surface area contributed by atoms with Crippen LogP contribution in [0.2, 0.25) is 0 Å². The molecule has 0 bridgehead atoms. The van der Waals surface area contributed by atoms with E-state index in [1.54, 1.807) is 0 Å². The van der Waals surface area contributed by atoms with Gasteiger partial charge in [0.1, 0.15) is 12.2 Å². The lowest BCUT2D eigenvalue weighted by Crippen LogP contribution is -2.33. The molecule has 1 saturated heterocycles. The van der Waals surface area contributed by atoms with Crippen LogP contribution in [0.1, 0.15) is 0 Å². The number of carbonyl (C=O) groups excluding carboxylic acids is 1. The maximum absolute atomic E-state index is 9.79. The van der Waals surface area contributed by atoms with E-state index in [9.17, 15) is 4.79 Å². The van der Waals surface area contributed by atoms with Gasteiger partial charge >= 0.3 is 0 Å². The molecule has 68 valence electrons. The van der Waals surface area contributed by atoms with Crippen LogP contribution >= 0.6 is 0 Å². The van der Waals surface area contributed by atoms with Gasteiger partial charge in [-0.05, 0) is 0 Å². The third-order valence-corrected chi connectivity index (χ3v) is 1.55. The van der Waals surface area contributed by atoms with Gasteiger partial charge in [-0.15, -0.1) is 0 Å². The Morgan fingerprint density at radius 1 is 1.50 bits per heavy atom. The first kappa shape index (κ1) is 9.18. The summed E-state index contributed by atoms with van der Waals surface area (Å²) in [5.74, 6) is 0.00903. The molecule has 1 rings (SSSR count). The van der Waals surface area contributed by atoms with Crippen LogP contribution < -0.4 is 0 Å². The Kier molecular flexibility index (Phi) is 2.46. The van der Waals surface area contributed by atoms with Gasteiger partial charge in [-0.3, -0.25) is 0 Å². The molecule has 1 heterocycles. The van der Waals surface area contributed by atoms with E-state index in [1.165, 1.54) is 0 Å². The zero-order chi connectivity index (χ0) is 9.30. The zero-order valence-electron chi connectivity index (χ0n) is 5.91. The van der Waals surface area contributed by atoms with E-state index in [0.29, 0.717) is 0 Å². The average Bonchev–Trinajstić information content (AvgIpc) is 2.78. The van der Waals surface area contributed by atoms with Gasteiger partial charge < -0.3 is 25.2 Å². The lowest BCUT2D eigenvalue weighted by Gasteiger charge is -2.11. The summed E-state index contributed by atoms with van der Waals surface area (Å²) in [7, 11) is 0. The normalized spacial score (nSPS) is 31.9. The van der Waals surface area contributed by atoms with Gasteiger partial charge in [0.25, 0.3) is 0 Å². The minimum absolute atomic E-state index is 0.949. The molecule has 1 aliphatic rings. The maximum atomic E-state index is 9.79. The number of epoxide rings is 1. The molecule has 4 N–H and O–H groups in total. The van der Waals surface area contributed by atoms with Gasteiger partial charge in [0.05, 0.1) is 0 Å². The summed E-state index contributed by atoms with van der Waals surface area (Å²) in [6.07, 6.45) is -5.37. The molecular formula is C6H8O6. The Morgan fingerprint density at radius 3 is 2.33 bits per heavy atom. The van der Waals surface area contributed by atoms with Crippen LogP contribution in [0.15, 0.2) is 5.76 Å². The number of hydrogen-bond donors (Lipinski definition) is 4. The van der Waals surface area contributed by atoms with Crippen LogP contribution in [0.4, 0.5) is 0 Å². The van der Waals surface area contributed by atoms with E-state index in [2.05, 4.69) is 4.74 Å². The van der Waals surface area contributed by atoms with Crippen molar-refractivity contribution in [2.24, 2.45) is 0 Å². The van der Waals surface area contributed by atoms with Crippen molar-refractivity contribution >= 4 is 5.94 Å². The van der Waals surface area contributed by atoms with E-state index < -0.39 is 30.4 Å². The fourth-order valence-electron chi connectivity index (χ4n) is 0.767. The quantitative estimate of drug-likeness (QED) is 0.218.